The van der Waals surface area contributed by atoms with Gasteiger partial charge in [0.1, 0.15) is 11.1 Å². The van der Waals surface area contributed by atoms with E-state index in [1.807, 2.05) is 24.3 Å². The maximum absolute atomic E-state index is 14.7. The molecule has 0 fully saturated rings. The Balaban J connectivity index is 2.16. The minimum absolute atomic E-state index is 0.371. The number of amides is 1. The molecule has 1 amide bonds. The summed E-state index contributed by atoms with van der Waals surface area (Å²) < 4.78 is 38.0. The third-order valence-electron chi connectivity index (χ3n) is 5.13. The van der Waals surface area contributed by atoms with Gasteiger partial charge < -0.3 is 4.90 Å². The number of benzene rings is 2. The van der Waals surface area contributed by atoms with Crippen LogP contribution in [0.4, 0.5) is 4.39 Å². The average molecular weight is 438 g/mol. The Morgan fingerprint density at radius 2 is 1.55 bits per heavy atom. The number of nitrogens with zero attached hydrogens (tertiary/aromatic N) is 1. The molecule has 0 aliphatic carbocycles. The van der Waals surface area contributed by atoms with Crippen molar-refractivity contribution in [3.8, 4) is 0 Å². The summed E-state index contributed by atoms with van der Waals surface area (Å²) in [4.78, 5) is 15.2. The molecular formula is C22H28FNO3S2. The third-order valence-corrected chi connectivity index (χ3v) is 7.68. The molecule has 2 atom stereocenters. The molecule has 0 saturated heterocycles. The van der Waals surface area contributed by atoms with E-state index in [0.29, 0.717) is 16.4 Å². The SMILES string of the molecule is CC(C)c1ccc(Sc2ccc(C(C)N(C)C(=O)C(C)S(C)(=O)=O)cc2F)cc1. The van der Waals surface area contributed by atoms with Crippen molar-refractivity contribution in [3.05, 3.63) is 59.4 Å². The second-order valence-electron chi connectivity index (χ2n) is 7.61. The van der Waals surface area contributed by atoms with Crippen LogP contribution in [0, 0.1) is 5.82 Å². The summed E-state index contributed by atoms with van der Waals surface area (Å²) in [6.07, 6.45) is 1.04. The highest BCUT2D eigenvalue weighted by Crippen LogP contribution is 2.33. The van der Waals surface area contributed by atoms with E-state index < -0.39 is 27.0 Å². The molecule has 2 rings (SSSR count). The molecule has 0 N–H and O–H groups in total. The molecule has 29 heavy (non-hydrogen) atoms. The van der Waals surface area contributed by atoms with Crippen LogP contribution in [0.3, 0.4) is 0 Å². The maximum atomic E-state index is 14.7. The summed E-state index contributed by atoms with van der Waals surface area (Å²) in [5, 5.41) is -1.14. The molecule has 2 aromatic rings. The topological polar surface area (TPSA) is 54.5 Å². The Labute approximate surface area is 177 Å². The van der Waals surface area contributed by atoms with Crippen LogP contribution in [0.25, 0.3) is 0 Å². The number of hydrogen-bond donors (Lipinski definition) is 0. The van der Waals surface area contributed by atoms with E-state index in [9.17, 15) is 17.6 Å². The van der Waals surface area contributed by atoms with Gasteiger partial charge in [0.05, 0.1) is 6.04 Å². The number of rotatable bonds is 7. The van der Waals surface area contributed by atoms with E-state index in [1.54, 1.807) is 19.1 Å². The highest BCUT2D eigenvalue weighted by Gasteiger charge is 2.29. The lowest BCUT2D eigenvalue weighted by Gasteiger charge is -2.27. The average Bonchev–Trinajstić information content (AvgIpc) is 2.66. The first-order valence-electron chi connectivity index (χ1n) is 9.44. The fourth-order valence-electron chi connectivity index (χ4n) is 2.79. The molecule has 0 radical (unpaired) electrons. The number of carbonyl (C=O) groups is 1. The molecule has 2 unspecified atom stereocenters. The number of sulfone groups is 1. The number of halogens is 1. The van der Waals surface area contributed by atoms with Crippen molar-refractivity contribution in [3.63, 3.8) is 0 Å². The Morgan fingerprint density at radius 3 is 2.03 bits per heavy atom. The smallest absolute Gasteiger partial charge is 0.240 e. The fraction of sp³-hybridized carbons (Fsp3) is 0.409. The van der Waals surface area contributed by atoms with Crippen molar-refractivity contribution in [2.75, 3.05) is 13.3 Å². The van der Waals surface area contributed by atoms with Gasteiger partial charge in [-0.3, -0.25) is 4.79 Å². The van der Waals surface area contributed by atoms with Crippen LogP contribution in [-0.2, 0) is 14.6 Å². The van der Waals surface area contributed by atoms with Gasteiger partial charge in [-0.2, -0.15) is 0 Å². The lowest BCUT2D eigenvalue weighted by Crippen LogP contribution is -2.40. The molecule has 0 spiro atoms. The Morgan fingerprint density at radius 1 is 1.00 bits per heavy atom. The van der Waals surface area contributed by atoms with Crippen molar-refractivity contribution in [2.24, 2.45) is 0 Å². The van der Waals surface area contributed by atoms with E-state index in [1.165, 1.54) is 42.3 Å². The summed E-state index contributed by atoms with van der Waals surface area (Å²) in [6, 6.07) is 12.5. The van der Waals surface area contributed by atoms with Crippen LogP contribution in [0.15, 0.2) is 52.3 Å². The van der Waals surface area contributed by atoms with Crippen LogP contribution in [0.1, 0.15) is 50.8 Å². The van der Waals surface area contributed by atoms with Gasteiger partial charge in [0.15, 0.2) is 9.84 Å². The first-order valence-corrected chi connectivity index (χ1v) is 12.2. The van der Waals surface area contributed by atoms with Crippen molar-refractivity contribution >= 4 is 27.5 Å². The second-order valence-corrected chi connectivity index (χ2v) is 11.1. The van der Waals surface area contributed by atoms with Crippen molar-refractivity contribution in [1.29, 1.82) is 0 Å². The summed E-state index contributed by atoms with van der Waals surface area (Å²) >= 11 is 1.34. The molecule has 0 bridgehead atoms. The predicted molar refractivity (Wildman–Crippen MR) is 117 cm³/mol. The lowest BCUT2D eigenvalue weighted by molar-refractivity contribution is -0.131. The molecule has 0 saturated carbocycles. The van der Waals surface area contributed by atoms with Crippen LogP contribution in [-0.4, -0.2) is 37.8 Å². The van der Waals surface area contributed by atoms with E-state index in [4.69, 9.17) is 0 Å². The normalized spacial score (nSPS) is 13.9. The fourth-order valence-corrected chi connectivity index (χ4v) is 4.14. The zero-order valence-electron chi connectivity index (χ0n) is 17.6. The van der Waals surface area contributed by atoms with Crippen LogP contribution < -0.4 is 0 Å². The molecule has 4 nitrogen and oxygen atoms in total. The van der Waals surface area contributed by atoms with Gasteiger partial charge in [-0.05, 0) is 55.2 Å². The van der Waals surface area contributed by atoms with Gasteiger partial charge in [-0.25, -0.2) is 12.8 Å². The van der Waals surface area contributed by atoms with Crippen molar-refractivity contribution < 1.29 is 17.6 Å². The van der Waals surface area contributed by atoms with Gasteiger partial charge >= 0.3 is 0 Å². The van der Waals surface area contributed by atoms with Gasteiger partial charge in [0.25, 0.3) is 0 Å². The maximum Gasteiger partial charge on any atom is 0.240 e. The van der Waals surface area contributed by atoms with E-state index in [-0.39, 0.29) is 5.82 Å². The van der Waals surface area contributed by atoms with Crippen LogP contribution in [0.2, 0.25) is 0 Å². The molecule has 0 heterocycles. The second kappa shape index (κ2) is 9.30. The van der Waals surface area contributed by atoms with Crippen LogP contribution >= 0.6 is 11.8 Å². The molecule has 2 aromatic carbocycles. The van der Waals surface area contributed by atoms with Gasteiger partial charge in [-0.1, -0.05) is 43.8 Å². The molecular weight excluding hydrogens is 409 g/mol. The molecule has 0 aromatic heterocycles. The monoisotopic (exact) mass is 437 g/mol. The summed E-state index contributed by atoms with van der Waals surface area (Å²) in [5.41, 5.74) is 1.84. The Bertz CT molecular complexity index is 972. The predicted octanol–water partition coefficient (Wildman–Crippen LogP) is 5.05. The quantitative estimate of drug-likeness (QED) is 0.608. The molecule has 158 valence electrons. The van der Waals surface area contributed by atoms with Gasteiger partial charge in [0.2, 0.25) is 5.91 Å². The summed E-state index contributed by atoms with van der Waals surface area (Å²) in [7, 11) is -1.96. The van der Waals surface area contributed by atoms with Crippen LogP contribution in [0.5, 0.6) is 0 Å². The molecule has 7 heteroatoms. The zero-order chi connectivity index (χ0) is 21.9. The van der Waals surface area contributed by atoms with Crippen molar-refractivity contribution in [2.45, 2.75) is 54.7 Å². The summed E-state index contributed by atoms with van der Waals surface area (Å²) in [5.74, 6) is -0.440. The minimum Gasteiger partial charge on any atom is -0.338 e. The van der Waals surface area contributed by atoms with E-state index in [0.717, 1.165) is 11.2 Å². The first-order chi connectivity index (χ1) is 13.4. The standard InChI is InChI=1S/C22H28FNO3S2/c1-14(2)17-7-10-19(11-8-17)28-21-12-9-18(13-20(21)23)15(3)24(5)22(25)16(4)29(6,26)27/h7-16H,1-6H3. The Kier molecular flexibility index (Phi) is 7.51. The third kappa shape index (κ3) is 5.82. The van der Waals surface area contributed by atoms with Gasteiger partial charge in [-0.15, -0.1) is 0 Å². The van der Waals surface area contributed by atoms with E-state index >= 15 is 0 Å². The first kappa shape index (κ1) is 23.4. The highest BCUT2D eigenvalue weighted by molar-refractivity contribution is 7.99. The number of carbonyl (C=O) groups excluding carboxylic acids is 1. The van der Waals surface area contributed by atoms with Gasteiger partial charge in [0, 0.05) is 23.1 Å². The van der Waals surface area contributed by atoms with E-state index in [2.05, 4.69) is 13.8 Å². The Hall–Kier alpha value is -1.86. The highest BCUT2D eigenvalue weighted by atomic mass is 32.2. The van der Waals surface area contributed by atoms with Crippen molar-refractivity contribution in [1.82, 2.24) is 4.90 Å². The minimum atomic E-state index is -3.49. The number of hydrogen-bond acceptors (Lipinski definition) is 4. The zero-order valence-corrected chi connectivity index (χ0v) is 19.3. The largest absolute Gasteiger partial charge is 0.338 e. The lowest BCUT2D eigenvalue weighted by atomic mass is 10.0. The molecule has 0 aliphatic heterocycles. The molecule has 0 aliphatic rings. The summed E-state index contributed by atoms with van der Waals surface area (Å²) in [6.45, 7) is 7.37.